The van der Waals surface area contributed by atoms with Gasteiger partial charge in [0.15, 0.2) is 0 Å². The molecule has 1 heterocycles. The van der Waals surface area contributed by atoms with Crippen molar-refractivity contribution in [2.24, 2.45) is 0 Å². The van der Waals surface area contributed by atoms with E-state index in [1.54, 1.807) is 6.33 Å². The molecule has 1 aromatic heterocycles. The van der Waals surface area contributed by atoms with E-state index in [-0.39, 0.29) is 10.8 Å². The quantitative estimate of drug-likeness (QED) is 0.593. The Labute approximate surface area is 156 Å². The van der Waals surface area contributed by atoms with Gasteiger partial charge >= 0.3 is 0 Å². The minimum Gasteiger partial charge on any atom is -0.507 e. The molecular weight excluding hydrogens is 320 g/mol. The van der Waals surface area contributed by atoms with Crippen molar-refractivity contribution in [3.63, 3.8) is 0 Å². The molecule has 0 saturated heterocycles. The number of imidazole rings is 1. The van der Waals surface area contributed by atoms with Gasteiger partial charge in [-0.2, -0.15) is 0 Å². The molecule has 3 heteroatoms. The van der Waals surface area contributed by atoms with Crippen LogP contribution in [0.1, 0.15) is 52.7 Å². The van der Waals surface area contributed by atoms with Gasteiger partial charge in [0.2, 0.25) is 0 Å². The van der Waals surface area contributed by atoms with Crippen molar-refractivity contribution < 1.29 is 5.11 Å². The molecule has 0 atom stereocenters. The minimum absolute atomic E-state index is 0.0185. The Bertz CT molecular complexity index is 910. The van der Waals surface area contributed by atoms with Gasteiger partial charge in [-0.15, -0.1) is 0 Å². The maximum atomic E-state index is 11.1. The molecular formula is C23H28N2O. The molecule has 0 radical (unpaired) electrons. The number of aromatic hydroxyl groups is 1. The number of benzene rings is 2. The van der Waals surface area contributed by atoms with E-state index in [1.807, 2.05) is 30.3 Å². The molecule has 0 aliphatic carbocycles. The Morgan fingerprint density at radius 3 is 2.12 bits per heavy atom. The van der Waals surface area contributed by atoms with E-state index in [2.05, 4.69) is 63.6 Å². The third-order valence-corrected chi connectivity index (χ3v) is 4.74. The SMILES string of the molecule is CC(C)(C)c1cc(-c2[nH]cnc2-c2ccccc2)c(O)c(C(C)(C)C)c1. The van der Waals surface area contributed by atoms with E-state index in [0.717, 1.165) is 28.1 Å². The highest BCUT2D eigenvalue weighted by Crippen LogP contribution is 2.43. The van der Waals surface area contributed by atoms with Gasteiger partial charge < -0.3 is 10.1 Å². The van der Waals surface area contributed by atoms with Gasteiger partial charge in [0, 0.05) is 16.7 Å². The smallest absolute Gasteiger partial charge is 0.128 e. The molecule has 0 aliphatic heterocycles. The van der Waals surface area contributed by atoms with Crippen molar-refractivity contribution in [1.82, 2.24) is 9.97 Å². The fourth-order valence-corrected chi connectivity index (χ4v) is 3.14. The minimum atomic E-state index is -0.160. The van der Waals surface area contributed by atoms with Gasteiger partial charge in [0.25, 0.3) is 0 Å². The summed E-state index contributed by atoms with van der Waals surface area (Å²) < 4.78 is 0. The summed E-state index contributed by atoms with van der Waals surface area (Å²) in [5.41, 5.74) is 5.51. The van der Waals surface area contributed by atoms with Crippen molar-refractivity contribution in [3.8, 4) is 28.3 Å². The van der Waals surface area contributed by atoms with E-state index < -0.39 is 0 Å². The highest BCUT2D eigenvalue weighted by molar-refractivity contribution is 5.82. The van der Waals surface area contributed by atoms with Crippen molar-refractivity contribution in [2.45, 2.75) is 52.4 Å². The number of H-pyrrole nitrogens is 1. The number of rotatable bonds is 2. The van der Waals surface area contributed by atoms with Crippen LogP contribution in [0.25, 0.3) is 22.5 Å². The summed E-state index contributed by atoms with van der Waals surface area (Å²) in [6.07, 6.45) is 1.69. The van der Waals surface area contributed by atoms with E-state index in [1.165, 1.54) is 5.56 Å². The first-order chi connectivity index (χ1) is 12.1. The van der Waals surface area contributed by atoms with Crippen LogP contribution in [-0.2, 0) is 10.8 Å². The van der Waals surface area contributed by atoms with Crippen molar-refractivity contribution in [3.05, 3.63) is 59.9 Å². The zero-order valence-electron chi connectivity index (χ0n) is 16.5. The number of hydrogen-bond acceptors (Lipinski definition) is 2. The maximum absolute atomic E-state index is 11.1. The second kappa shape index (κ2) is 6.31. The van der Waals surface area contributed by atoms with E-state index in [9.17, 15) is 5.11 Å². The van der Waals surface area contributed by atoms with Gasteiger partial charge in [-0.3, -0.25) is 0 Å². The summed E-state index contributed by atoms with van der Waals surface area (Å²) in [6.45, 7) is 13.0. The number of phenolic OH excluding ortho intramolecular Hbond substituents is 1. The monoisotopic (exact) mass is 348 g/mol. The molecule has 0 amide bonds. The predicted octanol–water partition coefficient (Wildman–Crippen LogP) is 6.04. The first kappa shape index (κ1) is 18.2. The highest BCUT2D eigenvalue weighted by atomic mass is 16.3. The van der Waals surface area contributed by atoms with Crippen LogP contribution in [0.5, 0.6) is 5.75 Å². The molecule has 3 nitrogen and oxygen atoms in total. The second-order valence-corrected chi connectivity index (χ2v) is 8.91. The fraction of sp³-hybridized carbons (Fsp3) is 0.348. The third-order valence-electron chi connectivity index (χ3n) is 4.74. The number of aromatic nitrogens is 2. The molecule has 26 heavy (non-hydrogen) atoms. The molecule has 2 aromatic carbocycles. The number of phenols is 1. The molecule has 3 rings (SSSR count). The average molecular weight is 348 g/mol. The fourth-order valence-electron chi connectivity index (χ4n) is 3.14. The molecule has 2 N–H and O–H groups in total. The number of nitrogens with zero attached hydrogens (tertiary/aromatic N) is 1. The maximum Gasteiger partial charge on any atom is 0.128 e. The van der Waals surface area contributed by atoms with Gasteiger partial charge in [0.1, 0.15) is 5.75 Å². The lowest BCUT2D eigenvalue weighted by Crippen LogP contribution is -2.17. The average Bonchev–Trinajstić information content (AvgIpc) is 3.03. The zero-order chi connectivity index (χ0) is 19.1. The lowest BCUT2D eigenvalue weighted by Gasteiger charge is -2.27. The summed E-state index contributed by atoms with van der Waals surface area (Å²) >= 11 is 0. The van der Waals surface area contributed by atoms with Gasteiger partial charge in [0.05, 0.1) is 17.7 Å². The van der Waals surface area contributed by atoms with Crippen LogP contribution in [0.3, 0.4) is 0 Å². The number of hydrogen-bond donors (Lipinski definition) is 2. The van der Waals surface area contributed by atoms with E-state index in [4.69, 9.17) is 0 Å². The third kappa shape index (κ3) is 3.39. The topological polar surface area (TPSA) is 48.9 Å². The molecule has 0 saturated carbocycles. The Morgan fingerprint density at radius 2 is 1.54 bits per heavy atom. The van der Waals surface area contributed by atoms with Crippen molar-refractivity contribution in [2.75, 3.05) is 0 Å². The van der Waals surface area contributed by atoms with Gasteiger partial charge in [-0.25, -0.2) is 4.98 Å². The van der Waals surface area contributed by atoms with Crippen LogP contribution in [0.15, 0.2) is 48.8 Å². The number of aromatic amines is 1. The lowest BCUT2D eigenvalue weighted by molar-refractivity contribution is 0.446. The van der Waals surface area contributed by atoms with Crippen LogP contribution in [-0.4, -0.2) is 15.1 Å². The first-order valence-electron chi connectivity index (χ1n) is 9.06. The summed E-state index contributed by atoms with van der Waals surface area (Å²) in [5.74, 6) is 0.326. The first-order valence-corrected chi connectivity index (χ1v) is 9.06. The summed E-state index contributed by atoms with van der Waals surface area (Å²) in [4.78, 5) is 7.77. The van der Waals surface area contributed by atoms with Crippen molar-refractivity contribution in [1.29, 1.82) is 0 Å². The highest BCUT2D eigenvalue weighted by Gasteiger charge is 2.26. The predicted molar refractivity (Wildman–Crippen MR) is 109 cm³/mol. The molecule has 0 aliphatic rings. The Balaban J connectivity index is 2.28. The van der Waals surface area contributed by atoms with Crippen LogP contribution in [0.4, 0.5) is 0 Å². The molecule has 3 aromatic rings. The molecule has 0 bridgehead atoms. The van der Waals surface area contributed by atoms with Crippen LogP contribution >= 0.6 is 0 Å². The Morgan fingerprint density at radius 1 is 0.885 bits per heavy atom. The molecule has 136 valence electrons. The number of nitrogens with one attached hydrogen (secondary N) is 1. The molecule has 0 fully saturated rings. The lowest BCUT2D eigenvalue weighted by atomic mass is 9.78. The largest absolute Gasteiger partial charge is 0.507 e. The summed E-state index contributed by atoms with van der Waals surface area (Å²) in [6, 6.07) is 14.3. The standard InChI is InChI=1S/C23H28N2O/c1-22(2,3)16-12-17(21(26)18(13-16)23(4,5)6)20-19(24-14-25-20)15-10-8-7-9-11-15/h7-14,26H,1-6H3,(H,24,25). The molecule has 0 unspecified atom stereocenters. The summed E-state index contributed by atoms with van der Waals surface area (Å²) in [5, 5.41) is 11.1. The molecule has 0 spiro atoms. The van der Waals surface area contributed by atoms with Gasteiger partial charge in [-0.1, -0.05) is 77.9 Å². The second-order valence-electron chi connectivity index (χ2n) is 8.91. The van der Waals surface area contributed by atoms with Crippen LogP contribution < -0.4 is 0 Å². The van der Waals surface area contributed by atoms with E-state index >= 15 is 0 Å². The zero-order valence-corrected chi connectivity index (χ0v) is 16.5. The van der Waals surface area contributed by atoms with Crippen LogP contribution in [0.2, 0.25) is 0 Å². The van der Waals surface area contributed by atoms with Gasteiger partial charge in [-0.05, 0) is 22.5 Å². The van der Waals surface area contributed by atoms with E-state index in [0.29, 0.717) is 5.75 Å². The van der Waals surface area contributed by atoms with Crippen LogP contribution in [0, 0.1) is 0 Å². The van der Waals surface area contributed by atoms with Crippen molar-refractivity contribution >= 4 is 0 Å². The normalized spacial score (nSPS) is 12.4. The summed E-state index contributed by atoms with van der Waals surface area (Å²) in [7, 11) is 0. The Hall–Kier alpha value is -2.55. The Kier molecular flexibility index (Phi) is 4.43.